The molecule has 1 N–H and O–H groups in total. The van der Waals surface area contributed by atoms with E-state index < -0.39 is 23.5 Å². The van der Waals surface area contributed by atoms with Gasteiger partial charge in [0.05, 0.1) is 24.4 Å². The third-order valence-electron chi connectivity index (χ3n) is 5.34. The molecule has 6 heteroatoms. The van der Waals surface area contributed by atoms with Crippen molar-refractivity contribution in [3.8, 4) is 0 Å². The van der Waals surface area contributed by atoms with Crippen molar-refractivity contribution in [1.29, 1.82) is 0 Å². The second kappa shape index (κ2) is 7.71. The van der Waals surface area contributed by atoms with Crippen molar-refractivity contribution < 1.29 is 23.5 Å². The van der Waals surface area contributed by atoms with E-state index in [9.17, 15) is 14.7 Å². The standard InChI is InChI=1S/C24H23NO5/c1-14(2)16-7-9-17(10-8-16)21-20(22(26)19-11-6-15(3)30-19)23(27)24(28)25(21)13-18-5-4-12-29-18/h4-12,14,21,27H,13H2,1-3H3. The molecule has 2 aromatic heterocycles. The second-order valence-corrected chi connectivity index (χ2v) is 7.74. The lowest BCUT2D eigenvalue weighted by atomic mass is 9.93. The van der Waals surface area contributed by atoms with Crippen molar-refractivity contribution in [2.24, 2.45) is 0 Å². The Morgan fingerprint density at radius 1 is 1.13 bits per heavy atom. The number of amides is 1. The van der Waals surface area contributed by atoms with E-state index in [1.807, 2.05) is 24.3 Å². The molecule has 1 aliphatic rings. The Morgan fingerprint density at radius 3 is 2.43 bits per heavy atom. The van der Waals surface area contributed by atoms with Gasteiger partial charge in [-0.2, -0.15) is 0 Å². The molecular weight excluding hydrogens is 382 g/mol. The maximum absolute atomic E-state index is 13.2. The van der Waals surface area contributed by atoms with Gasteiger partial charge in [0.1, 0.15) is 11.5 Å². The molecule has 3 aromatic rings. The van der Waals surface area contributed by atoms with Gasteiger partial charge in [-0.05, 0) is 48.2 Å². The Morgan fingerprint density at radius 2 is 1.87 bits per heavy atom. The average Bonchev–Trinajstić information content (AvgIpc) is 3.45. The van der Waals surface area contributed by atoms with E-state index in [4.69, 9.17) is 8.83 Å². The molecule has 0 fully saturated rings. The Bertz CT molecular complexity index is 1100. The highest BCUT2D eigenvalue weighted by Crippen LogP contribution is 2.40. The zero-order valence-electron chi connectivity index (χ0n) is 17.1. The van der Waals surface area contributed by atoms with Crippen LogP contribution in [-0.4, -0.2) is 21.7 Å². The number of aliphatic hydroxyl groups excluding tert-OH is 1. The lowest BCUT2D eigenvalue weighted by Gasteiger charge is -2.26. The molecule has 30 heavy (non-hydrogen) atoms. The van der Waals surface area contributed by atoms with Crippen LogP contribution in [0.3, 0.4) is 0 Å². The summed E-state index contributed by atoms with van der Waals surface area (Å²) >= 11 is 0. The summed E-state index contributed by atoms with van der Waals surface area (Å²) in [5.74, 6) is -0.107. The van der Waals surface area contributed by atoms with E-state index in [-0.39, 0.29) is 17.9 Å². The van der Waals surface area contributed by atoms with Crippen LogP contribution in [0.2, 0.25) is 0 Å². The van der Waals surface area contributed by atoms with Crippen LogP contribution < -0.4 is 0 Å². The first-order valence-corrected chi connectivity index (χ1v) is 9.84. The Balaban J connectivity index is 1.79. The highest BCUT2D eigenvalue weighted by molar-refractivity contribution is 6.15. The van der Waals surface area contributed by atoms with E-state index >= 15 is 0 Å². The number of rotatable bonds is 6. The van der Waals surface area contributed by atoms with E-state index in [1.165, 1.54) is 11.2 Å². The maximum atomic E-state index is 13.2. The molecule has 0 bridgehead atoms. The molecule has 1 aromatic carbocycles. The first-order valence-electron chi connectivity index (χ1n) is 9.84. The molecule has 4 rings (SSSR count). The summed E-state index contributed by atoms with van der Waals surface area (Å²) in [4.78, 5) is 27.6. The summed E-state index contributed by atoms with van der Waals surface area (Å²) in [7, 11) is 0. The van der Waals surface area contributed by atoms with E-state index in [1.54, 1.807) is 31.2 Å². The van der Waals surface area contributed by atoms with E-state index in [0.29, 0.717) is 17.4 Å². The Labute approximate surface area is 174 Å². The van der Waals surface area contributed by atoms with Crippen LogP contribution in [0.1, 0.15) is 59.0 Å². The van der Waals surface area contributed by atoms with Crippen LogP contribution >= 0.6 is 0 Å². The summed E-state index contributed by atoms with van der Waals surface area (Å²) in [5, 5.41) is 10.7. The maximum Gasteiger partial charge on any atom is 0.290 e. The van der Waals surface area contributed by atoms with E-state index in [0.717, 1.165) is 11.1 Å². The summed E-state index contributed by atoms with van der Waals surface area (Å²) in [6.45, 7) is 6.05. The predicted octanol–water partition coefficient (Wildman–Crippen LogP) is 5.08. The molecule has 0 spiro atoms. The molecular formula is C24H23NO5. The van der Waals surface area contributed by atoms with Gasteiger partial charge in [-0.25, -0.2) is 0 Å². The highest BCUT2D eigenvalue weighted by atomic mass is 16.3. The lowest BCUT2D eigenvalue weighted by Crippen LogP contribution is -2.30. The van der Waals surface area contributed by atoms with Crippen molar-refractivity contribution in [2.75, 3.05) is 0 Å². The highest BCUT2D eigenvalue weighted by Gasteiger charge is 2.44. The van der Waals surface area contributed by atoms with Gasteiger partial charge >= 0.3 is 0 Å². The van der Waals surface area contributed by atoms with Crippen LogP contribution in [0.25, 0.3) is 0 Å². The molecule has 0 aliphatic carbocycles. The van der Waals surface area contributed by atoms with Gasteiger partial charge in [0.2, 0.25) is 5.78 Å². The molecule has 0 radical (unpaired) electrons. The summed E-state index contributed by atoms with van der Waals surface area (Å²) in [6.07, 6.45) is 1.52. The van der Waals surface area contributed by atoms with Gasteiger partial charge in [0.25, 0.3) is 5.91 Å². The van der Waals surface area contributed by atoms with Gasteiger partial charge in [-0.1, -0.05) is 38.1 Å². The minimum absolute atomic E-state index is 0.0122. The Hall–Kier alpha value is -3.54. The van der Waals surface area contributed by atoms with Crippen molar-refractivity contribution in [3.63, 3.8) is 0 Å². The first kappa shape index (κ1) is 19.8. The molecule has 6 nitrogen and oxygen atoms in total. The van der Waals surface area contributed by atoms with Crippen molar-refractivity contribution in [3.05, 3.63) is 94.5 Å². The van der Waals surface area contributed by atoms with Crippen LogP contribution in [0.4, 0.5) is 0 Å². The van der Waals surface area contributed by atoms with Crippen molar-refractivity contribution >= 4 is 11.7 Å². The average molecular weight is 405 g/mol. The minimum Gasteiger partial charge on any atom is -0.503 e. The number of carbonyl (C=O) groups excluding carboxylic acids is 2. The number of carbonyl (C=O) groups is 2. The lowest BCUT2D eigenvalue weighted by molar-refractivity contribution is -0.130. The zero-order chi connectivity index (χ0) is 21.4. The molecule has 3 heterocycles. The molecule has 0 saturated carbocycles. The Kier molecular flexibility index (Phi) is 5.08. The normalized spacial score (nSPS) is 16.7. The van der Waals surface area contributed by atoms with Crippen LogP contribution in [-0.2, 0) is 11.3 Å². The zero-order valence-corrected chi connectivity index (χ0v) is 17.1. The van der Waals surface area contributed by atoms with Gasteiger partial charge < -0.3 is 18.8 Å². The molecule has 154 valence electrons. The number of benzene rings is 1. The number of aliphatic hydroxyl groups is 1. The van der Waals surface area contributed by atoms with E-state index in [2.05, 4.69) is 13.8 Å². The third kappa shape index (κ3) is 3.45. The first-order chi connectivity index (χ1) is 14.4. The fourth-order valence-corrected chi connectivity index (χ4v) is 3.72. The smallest absolute Gasteiger partial charge is 0.290 e. The van der Waals surface area contributed by atoms with Gasteiger partial charge in [0.15, 0.2) is 11.5 Å². The predicted molar refractivity (Wildman–Crippen MR) is 110 cm³/mol. The van der Waals surface area contributed by atoms with Crippen molar-refractivity contribution in [1.82, 2.24) is 4.90 Å². The molecule has 1 unspecified atom stereocenters. The molecule has 1 atom stereocenters. The van der Waals surface area contributed by atoms with Gasteiger partial charge in [0, 0.05) is 0 Å². The number of ketones is 1. The van der Waals surface area contributed by atoms with Crippen molar-refractivity contribution in [2.45, 2.75) is 39.3 Å². The number of Topliss-reactive ketones (excluding diaryl/α,β-unsaturated/α-hetero) is 1. The van der Waals surface area contributed by atoms with Gasteiger partial charge in [-0.15, -0.1) is 0 Å². The molecule has 1 aliphatic heterocycles. The summed E-state index contributed by atoms with van der Waals surface area (Å²) in [5.41, 5.74) is 1.89. The monoisotopic (exact) mass is 405 g/mol. The van der Waals surface area contributed by atoms with Crippen LogP contribution in [0, 0.1) is 6.92 Å². The minimum atomic E-state index is -0.748. The SMILES string of the molecule is Cc1ccc(C(=O)C2=C(O)C(=O)N(Cc3ccco3)C2c2ccc(C(C)C)cc2)o1. The second-order valence-electron chi connectivity index (χ2n) is 7.74. The largest absolute Gasteiger partial charge is 0.503 e. The quantitative estimate of drug-likeness (QED) is 0.578. The number of nitrogens with zero attached hydrogens (tertiary/aromatic N) is 1. The fourth-order valence-electron chi connectivity index (χ4n) is 3.72. The number of hydrogen-bond donors (Lipinski definition) is 1. The summed E-state index contributed by atoms with van der Waals surface area (Å²) < 4.78 is 10.9. The van der Waals surface area contributed by atoms with Crippen LogP contribution in [0.5, 0.6) is 0 Å². The topological polar surface area (TPSA) is 83.9 Å². The molecule has 0 saturated heterocycles. The fraction of sp³-hybridized carbons (Fsp3) is 0.250. The van der Waals surface area contributed by atoms with Gasteiger partial charge in [-0.3, -0.25) is 9.59 Å². The molecule has 1 amide bonds. The number of furan rings is 2. The summed E-state index contributed by atoms with van der Waals surface area (Å²) in [6, 6.07) is 13.7. The van der Waals surface area contributed by atoms with Crippen LogP contribution in [0.15, 0.2) is 75.0 Å². The third-order valence-corrected chi connectivity index (χ3v) is 5.34. The number of aryl methyl sites for hydroxylation is 1. The number of hydrogen-bond acceptors (Lipinski definition) is 5.